The zero-order valence-electron chi connectivity index (χ0n) is 15.0. The molecule has 1 aromatic carbocycles. The molecule has 2 rings (SSSR count). The van der Waals surface area contributed by atoms with Gasteiger partial charge in [0.1, 0.15) is 11.5 Å². The van der Waals surface area contributed by atoms with Crippen molar-refractivity contribution in [2.45, 2.75) is 39.0 Å². The highest BCUT2D eigenvalue weighted by Crippen LogP contribution is 2.29. The van der Waals surface area contributed by atoms with Crippen molar-refractivity contribution < 1.29 is 14.6 Å². The molecule has 0 fully saturated rings. The summed E-state index contributed by atoms with van der Waals surface area (Å²) < 4.78 is 12.5. The molecule has 6 nitrogen and oxygen atoms in total. The molecule has 1 aromatic heterocycles. The number of aliphatic hydroxyl groups excluding tert-OH is 1. The molecule has 0 saturated heterocycles. The smallest absolute Gasteiger partial charge is 0.124 e. The predicted molar refractivity (Wildman–Crippen MR) is 93.4 cm³/mol. The normalized spacial score (nSPS) is 12.9. The van der Waals surface area contributed by atoms with Gasteiger partial charge in [-0.25, -0.2) is 0 Å². The zero-order valence-corrected chi connectivity index (χ0v) is 15.0. The molecule has 2 aromatic rings. The second-order valence-electron chi connectivity index (χ2n) is 6.72. The Morgan fingerprint density at radius 1 is 1.25 bits per heavy atom. The molecule has 6 heteroatoms. The average Bonchev–Trinajstić information content (AvgIpc) is 3.03. The number of nitrogens with one attached hydrogen (secondary N) is 1. The molecule has 24 heavy (non-hydrogen) atoms. The van der Waals surface area contributed by atoms with Gasteiger partial charge in [-0.15, -0.1) is 0 Å². The topological polar surface area (TPSA) is 68.5 Å². The third-order valence-electron chi connectivity index (χ3n) is 3.79. The highest BCUT2D eigenvalue weighted by Gasteiger charge is 2.16. The molecular weight excluding hydrogens is 306 g/mol. The molecule has 0 unspecified atom stereocenters. The highest BCUT2D eigenvalue weighted by molar-refractivity contribution is 5.41. The standard InChI is InChI=1S/C18H27N3O3/c1-18(2,3)21-12-13(10-20-21)9-19-11-16(22)15-8-14(23-4)6-7-17(15)24-5/h6-8,10,12,16,19,22H,9,11H2,1-5H3/t16-/m1/s1. The van der Waals surface area contributed by atoms with E-state index in [0.717, 1.165) is 5.56 Å². The highest BCUT2D eigenvalue weighted by atomic mass is 16.5. The first-order valence-electron chi connectivity index (χ1n) is 8.00. The Morgan fingerprint density at radius 3 is 2.58 bits per heavy atom. The summed E-state index contributed by atoms with van der Waals surface area (Å²) in [6.45, 7) is 7.37. The van der Waals surface area contributed by atoms with Crippen LogP contribution in [-0.4, -0.2) is 35.7 Å². The minimum atomic E-state index is -0.687. The van der Waals surface area contributed by atoms with Crippen LogP contribution in [-0.2, 0) is 12.1 Å². The van der Waals surface area contributed by atoms with E-state index in [-0.39, 0.29) is 5.54 Å². The lowest BCUT2D eigenvalue weighted by molar-refractivity contribution is 0.169. The van der Waals surface area contributed by atoms with Crippen molar-refractivity contribution >= 4 is 0 Å². The molecule has 2 N–H and O–H groups in total. The van der Waals surface area contributed by atoms with Gasteiger partial charge in [0.25, 0.3) is 0 Å². The molecule has 0 spiro atoms. The van der Waals surface area contributed by atoms with Crippen LogP contribution in [0, 0.1) is 0 Å². The fourth-order valence-corrected chi connectivity index (χ4v) is 2.38. The average molecular weight is 333 g/mol. The van der Waals surface area contributed by atoms with Crippen molar-refractivity contribution in [3.63, 3.8) is 0 Å². The second-order valence-corrected chi connectivity index (χ2v) is 6.72. The van der Waals surface area contributed by atoms with Gasteiger partial charge >= 0.3 is 0 Å². The Labute approximate surface area is 143 Å². The Balaban J connectivity index is 1.96. The molecule has 0 bridgehead atoms. The van der Waals surface area contributed by atoms with Crippen LogP contribution in [0.3, 0.4) is 0 Å². The van der Waals surface area contributed by atoms with E-state index in [1.165, 1.54) is 0 Å². The largest absolute Gasteiger partial charge is 0.497 e. The first-order valence-corrected chi connectivity index (χ1v) is 8.00. The maximum Gasteiger partial charge on any atom is 0.124 e. The molecule has 1 atom stereocenters. The number of methoxy groups -OCH3 is 2. The van der Waals surface area contributed by atoms with E-state index in [0.29, 0.717) is 30.2 Å². The first-order chi connectivity index (χ1) is 11.3. The Hall–Kier alpha value is -2.05. The van der Waals surface area contributed by atoms with Crippen molar-refractivity contribution in [2.24, 2.45) is 0 Å². The van der Waals surface area contributed by atoms with Gasteiger partial charge in [-0.2, -0.15) is 5.10 Å². The lowest BCUT2D eigenvalue weighted by Gasteiger charge is -2.18. The van der Waals surface area contributed by atoms with Gasteiger partial charge in [-0.05, 0) is 39.0 Å². The van der Waals surface area contributed by atoms with Crippen LogP contribution in [0.25, 0.3) is 0 Å². The summed E-state index contributed by atoms with van der Waals surface area (Å²) in [5.41, 5.74) is 1.75. The van der Waals surface area contributed by atoms with E-state index in [1.807, 2.05) is 23.1 Å². The van der Waals surface area contributed by atoms with E-state index in [2.05, 4.69) is 31.2 Å². The van der Waals surface area contributed by atoms with Gasteiger partial charge in [-0.1, -0.05) is 0 Å². The number of hydrogen-bond donors (Lipinski definition) is 2. The molecule has 0 saturated carbocycles. The molecule has 0 radical (unpaired) electrons. The minimum absolute atomic E-state index is 0.0360. The molecule has 0 aliphatic rings. The van der Waals surface area contributed by atoms with Crippen LogP contribution < -0.4 is 14.8 Å². The van der Waals surface area contributed by atoms with E-state index in [4.69, 9.17) is 9.47 Å². The Kier molecular flexibility index (Phi) is 5.85. The van der Waals surface area contributed by atoms with Crippen LogP contribution >= 0.6 is 0 Å². The van der Waals surface area contributed by atoms with Crippen molar-refractivity contribution in [3.8, 4) is 11.5 Å². The van der Waals surface area contributed by atoms with E-state index in [9.17, 15) is 5.11 Å². The summed E-state index contributed by atoms with van der Waals surface area (Å²) in [4.78, 5) is 0. The summed E-state index contributed by atoms with van der Waals surface area (Å²) >= 11 is 0. The predicted octanol–water partition coefficient (Wildman–Crippen LogP) is 2.48. The van der Waals surface area contributed by atoms with Crippen molar-refractivity contribution in [1.29, 1.82) is 0 Å². The third-order valence-corrected chi connectivity index (χ3v) is 3.79. The summed E-state index contributed by atoms with van der Waals surface area (Å²) in [7, 11) is 3.19. The van der Waals surface area contributed by atoms with Gasteiger partial charge < -0.3 is 19.9 Å². The van der Waals surface area contributed by atoms with E-state index in [1.54, 1.807) is 26.4 Å². The molecule has 0 amide bonds. The second kappa shape index (κ2) is 7.68. The number of aliphatic hydroxyl groups is 1. The molecule has 0 aliphatic carbocycles. The Morgan fingerprint density at radius 2 is 2.00 bits per heavy atom. The molecule has 1 heterocycles. The zero-order chi connectivity index (χ0) is 17.7. The van der Waals surface area contributed by atoms with Gasteiger partial charge in [0, 0.05) is 30.4 Å². The molecule has 132 valence electrons. The van der Waals surface area contributed by atoms with E-state index >= 15 is 0 Å². The Bertz CT molecular complexity index is 662. The molecular formula is C18H27N3O3. The SMILES string of the molecule is COc1ccc(OC)c([C@H](O)CNCc2cnn(C(C)(C)C)c2)c1. The lowest BCUT2D eigenvalue weighted by Crippen LogP contribution is -2.23. The van der Waals surface area contributed by atoms with Crippen molar-refractivity contribution in [2.75, 3.05) is 20.8 Å². The van der Waals surface area contributed by atoms with Gasteiger partial charge in [0.15, 0.2) is 0 Å². The summed E-state index contributed by atoms with van der Waals surface area (Å²) in [5.74, 6) is 1.34. The summed E-state index contributed by atoms with van der Waals surface area (Å²) in [6.07, 6.45) is 3.18. The van der Waals surface area contributed by atoms with Gasteiger partial charge in [0.2, 0.25) is 0 Å². The third kappa shape index (κ3) is 4.49. The number of rotatable bonds is 7. The van der Waals surface area contributed by atoms with Crippen molar-refractivity contribution in [3.05, 3.63) is 41.7 Å². The van der Waals surface area contributed by atoms with Crippen LogP contribution in [0.5, 0.6) is 11.5 Å². The number of hydrogen-bond acceptors (Lipinski definition) is 5. The number of nitrogens with zero attached hydrogens (tertiary/aromatic N) is 2. The van der Waals surface area contributed by atoms with Crippen LogP contribution in [0.4, 0.5) is 0 Å². The van der Waals surface area contributed by atoms with Gasteiger partial charge in [-0.3, -0.25) is 4.68 Å². The van der Waals surface area contributed by atoms with Crippen LogP contribution in [0.1, 0.15) is 38.0 Å². The quantitative estimate of drug-likeness (QED) is 0.815. The van der Waals surface area contributed by atoms with Crippen LogP contribution in [0.2, 0.25) is 0 Å². The maximum atomic E-state index is 10.4. The fourth-order valence-electron chi connectivity index (χ4n) is 2.38. The van der Waals surface area contributed by atoms with Crippen LogP contribution in [0.15, 0.2) is 30.6 Å². The first kappa shape index (κ1) is 18.3. The fraction of sp³-hybridized carbons (Fsp3) is 0.500. The number of ether oxygens (including phenoxy) is 2. The monoisotopic (exact) mass is 333 g/mol. The number of benzene rings is 1. The van der Waals surface area contributed by atoms with Crippen molar-refractivity contribution in [1.82, 2.24) is 15.1 Å². The summed E-state index contributed by atoms with van der Waals surface area (Å²) in [6, 6.07) is 5.40. The minimum Gasteiger partial charge on any atom is -0.497 e. The maximum absolute atomic E-state index is 10.4. The molecule has 0 aliphatic heterocycles. The lowest BCUT2D eigenvalue weighted by atomic mass is 10.1. The van der Waals surface area contributed by atoms with Gasteiger partial charge in [0.05, 0.1) is 32.1 Å². The number of aromatic nitrogens is 2. The summed E-state index contributed by atoms with van der Waals surface area (Å²) in [5, 5.41) is 18.1. The van der Waals surface area contributed by atoms with E-state index < -0.39 is 6.10 Å².